The van der Waals surface area contributed by atoms with Crippen molar-refractivity contribution in [1.82, 2.24) is 4.90 Å². The van der Waals surface area contributed by atoms with E-state index >= 15 is 0 Å². The van der Waals surface area contributed by atoms with Crippen LogP contribution in [0.4, 0.5) is 5.69 Å². The smallest absolute Gasteiger partial charge is 0.260 e. The summed E-state index contributed by atoms with van der Waals surface area (Å²) in [5, 5.41) is 0.758. The second-order valence-corrected chi connectivity index (χ2v) is 10.2. The predicted octanol–water partition coefficient (Wildman–Crippen LogP) is 5.22. The Labute approximate surface area is 179 Å². The summed E-state index contributed by atoms with van der Waals surface area (Å²) in [5.74, 6) is 1.17. The lowest BCUT2D eigenvalue weighted by Gasteiger charge is -2.36. The highest BCUT2D eigenvalue weighted by atomic mass is 35.5. The van der Waals surface area contributed by atoms with Crippen molar-refractivity contribution in [2.24, 2.45) is 0 Å². The highest BCUT2D eigenvalue weighted by molar-refractivity contribution is 8.03. The molecule has 1 fully saturated rings. The van der Waals surface area contributed by atoms with Gasteiger partial charge in [-0.15, -0.1) is 23.1 Å². The third-order valence-electron chi connectivity index (χ3n) is 5.92. The Bertz CT molecular complexity index is 927. The van der Waals surface area contributed by atoms with Crippen LogP contribution < -0.4 is 4.90 Å². The van der Waals surface area contributed by atoms with E-state index in [1.807, 2.05) is 28.4 Å². The zero-order valence-corrected chi connectivity index (χ0v) is 18.1. The van der Waals surface area contributed by atoms with Gasteiger partial charge in [-0.3, -0.25) is 4.79 Å². The third kappa shape index (κ3) is 3.49. The van der Waals surface area contributed by atoms with Gasteiger partial charge in [0.15, 0.2) is 0 Å². The summed E-state index contributed by atoms with van der Waals surface area (Å²) in [7, 11) is 0. The Hall–Kier alpha value is -1.43. The van der Waals surface area contributed by atoms with E-state index in [1.165, 1.54) is 41.8 Å². The Morgan fingerprint density at radius 3 is 2.50 bits per heavy atom. The Kier molecular flexibility index (Phi) is 5.16. The van der Waals surface area contributed by atoms with E-state index in [2.05, 4.69) is 23.1 Å². The minimum Gasteiger partial charge on any atom is -0.368 e. The Morgan fingerprint density at radius 1 is 0.964 bits per heavy atom. The van der Waals surface area contributed by atoms with Crippen molar-refractivity contribution in [3.05, 3.63) is 55.1 Å². The summed E-state index contributed by atoms with van der Waals surface area (Å²) < 4.78 is 0. The molecule has 0 radical (unpaired) electrons. The number of thiophene rings is 1. The number of carbonyl (C=O) groups excluding carboxylic acids is 1. The first-order valence-electron chi connectivity index (χ1n) is 9.97. The van der Waals surface area contributed by atoms with E-state index in [1.54, 1.807) is 22.2 Å². The fraction of sp³-hybridized carbons (Fsp3) is 0.409. The van der Waals surface area contributed by atoms with Crippen molar-refractivity contribution in [3.8, 4) is 0 Å². The van der Waals surface area contributed by atoms with Gasteiger partial charge in [-0.1, -0.05) is 11.6 Å². The lowest BCUT2D eigenvalue weighted by atomic mass is 9.95. The number of rotatable bonds is 2. The number of piperazine rings is 1. The molecule has 0 spiro atoms. The molecule has 2 aromatic rings. The van der Waals surface area contributed by atoms with Crippen LogP contribution in [0.25, 0.3) is 6.08 Å². The molecule has 0 N–H and O–H groups in total. The first kappa shape index (κ1) is 18.6. The zero-order valence-electron chi connectivity index (χ0n) is 15.7. The minimum absolute atomic E-state index is 0.206. The molecule has 0 saturated carbocycles. The number of fused-ring (bicyclic) bond motifs is 3. The van der Waals surface area contributed by atoms with Gasteiger partial charge in [0, 0.05) is 52.4 Å². The lowest BCUT2D eigenvalue weighted by molar-refractivity contribution is -0.126. The van der Waals surface area contributed by atoms with Crippen LogP contribution >= 0.6 is 34.7 Å². The van der Waals surface area contributed by atoms with Crippen LogP contribution in [0.15, 0.2) is 29.2 Å². The van der Waals surface area contributed by atoms with Gasteiger partial charge < -0.3 is 9.80 Å². The van der Waals surface area contributed by atoms with Gasteiger partial charge >= 0.3 is 0 Å². The molecule has 0 unspecified atom stereocenters. The van der Waals surface area contributed by atoms with Gasteiger partial charge in [0.1, 0.15) is 0 Å². The molecule has 3 nitrogen and oxygen atoms in total. The normalized spacial score (nSPS) is 19.1. The fourth-order valence-corrected chi connectivity index (χ4v) is 7.07. The molecule has 1 aromatic carbocycles. The summed E-state index contributed by atoms with van der Waals surface area (Å²) in [6.07, 6.45) is 7.24. The summed E-state index contributed by atoms with van der Waals surface area (Å²) in [6.45, 7) is 3.27. The number of benzene rings is 1. The average molecular weight is 431 g/mol. The molecule has 1 aliphatic carbocycles. The molecule has 146 valence electrons. The van der Waals surface area contributed by atoms with Crippen molar-refractivity contribution in [1.29, 1.82) is 0 Å². The lowest BCUT2D eigenvalue weighted by Crippen LogP contribution is -2.49. The van der Waals surface area contributed by atoms with Crippen molar-refractivity contribution >= 4 is 52.4 Å². The van der Waals surface area contributed by atoms with Gasteiger partial charge in [0.2, 0.25) is 0 Å². The molecule has 1 amide bonds. The SMILES string of the molecule is O=C(C1=Cc2sc3c(c2CS1)CCCC3)N1CCN(c2ccc(Cl)cc2)CC1. The van der Waals surface area contributed by atoms with Crippen LogP contribution in [0.5, 0.6) is 0 Å². The van der Waals surface area contributed by atoms with Gasteiger partial charge in [-0.2, -0.15) is 0 Å². The summed E-state index contributed by atoms with van der Waals surface area (Å²) >= 11 is 9.65. The summed E-state index contributed by atoms with van der Waals surface area (Å²) in [5.41, 5.74) is 4.28. The number of nitrogens with zero attached hydrogens (tertiary/aromatic N) is 2. The molecular weight excluding hydrogens is 408 g/mol. The van der Waals surface area contributed by atoms with E-state index in [4.69, 9.17) is 11.6 Å². The number of hydrogen-bond acceptors (Lipinski definition) is 4. The number of thioether (sulfide) groups is 1. The first-order chi connectivity index (χ1) is 13.7. The summed E-state index contributed by atoms with van der Waals surface area (Å²) in [4.78, 5) is 21.3. The number of amides is 1. The molecule has 3 heterocycles. The van der Waals surface area contributed by atoms with E-state index in [9.17, 15) is 4.79 Å². The molecule has 1 aromatic heterocycles. The highest BCUT2D eigenvalue weighted by Crippen LogP contribution is 2.43. The molecule has 6 heteroatoms. The van der Waals surface area contributed by atoms with Crippen LogP contribution in [0.3, 0.4) is 0 Å². The van der Waals surface area contributed by atoms with Crippen LogP contribution in [-0.2, 0) is 23.4 Å². The molecule has 5 rings (SSSR count). The van der Waals surface area contributed by atoms with Gasteiger partial charge in [0.05, 0.1) is 4.91 Å². The molecule has 0 atom stereocenters. The number of halogens is 1. The number of carbonyl (C=O) groups is 1. The maximum atomic E-state index is 13.1. The topological polar surface area (TPSA) is 23.6 Å². The van der Waals surface area contributed by atoms with Crippen LogP contribution in [0, 0.1) is 0 Å². The van der Waals surface area contributed by atoms with E-state index in [0.29, 0.717) is 0 Å². The summed E-state index contributed by atoms with van der Waals surface area (Å²) in [6, 6.07) is 7.96. The second-order valence-electron chi connectivity index (χ2n) is 7.61. The van der Waals surface area contributed by atoms with E-state index < -0.39 is 0 Å². The van der Waals surface area contributed by atoms with Gasteiger partial charge in [0.25, 0.3) is 5.91 Å². The van der Waals surface area contributed by atoms with Crippen LogP contribution in [0.2, 0.25) is 5.02 Å². The molecule has 0 bridgehead atoms. The van der Waals surface area contributed by atoms with E-state index in [-0.39, 0.29) is 5.91 Å². The van der Waals surface area contributed by atoms with Gasteiger partial charge in [-0.25, -0.2) is 0 Å². The molecule has 1 saturated heterocycles. The second kappa shape index (κ2) is 7.77. The van der Waals surface area contributed by atoms with Crippen molar-refractivity contribution in [3.63, 3.8) is 0 Å². The predicted molar refractivity (Wildman–Crippen MR) is 120 cm³/mol. The average Bonchev–Trinajstić information content (AvgIpc) is 3.12. The minimum atomic E-state index is 0.206. The maximum Gasteiger partial charge on any atom is 0.260 e. The quantitative estimate of drug-likeness (QED) is 0.652. The third-order valence-corrected chi connectivity index (χ3v) is 8.49. The molecule has 28 heavy (non-hydrogen) atoms. The fourth-order valence-electron chi connectivity index (χ4n) is 4.34. The van der Waals surface area contributed by atoms with Crippen LogP contribution in [0.1, 0.15) is 33.7 Å². The van der Waals surface area contributed by atoms with Gasteiger partial charge in [-0.05, 0) is 67.2 Å². The first-order valence-corrected chi connectivity index (χ1v) is 12.1. The van der Waals surface area contributed by atoms with E-state index in [0.717, 1.165) is 41.9 Å². The zero-order chi connectivity index (χ0) is 19.1. The van der Waals surface area contributed by atoms with Crippen LogP contribution in [-0.4, -0.2) is 37.0 Å². The number of aryl methyl sites for hydroxylation is 1. The standard InChI is InChI=1S/C22H23ClN2OS2/c23-15-5-7-16(8-6-15)24-9-11-25(12-10-24)22(26)21-13-20-18(14-27-21)17-3-1-2-4-19(17)28-20/h5-8,13H,1-4,9-12,14H2. The molecular formula is C22H23ClN2OS2. The van der Waals surface area contributed by atoms with Crippen molar-refractivity contribution in [2.45, 2.75) is 31.4 Å². The maximum absolute atomic E-state index is 13.1. The molecule has 2 aliphatic heterocycles. The van der Waals surface area contributed by atoms with Crippen molar-refractivity contribution < 1.29 is 4.79 Å². The highest BCUT2D eigenvalue weighted by Gasteiger charge is 2.28. The largest absolute Gasteiger partial charge is 0.368 e. The monoisotopic (exact) mass is 430 g/mol. The number of hydrogen-bond donors (Lipinski definition) is 0. The number of anilines is 1. The molecule has 3 aliphatic rings. The van der Waals surface area contributed by atoms with Crippen molar-refractivity contribution in [2.75, 3.05) is 31.1 Å². The Balaban J connectivity index is 1.27. The Morgan fingerprint density at radius 2 is 1.71 bits per heavy atom.